The Morgan fingerprint density at radius 1 is 1.33 bits per heavy atom. The number of carbonyl (C=O) groups excluding carboxylic acids is 1. The Labute approximate surface area is 144 Å². The molecule has 0 aliphatic rings. The number of benzene rings is 1. The molecule has 1 N–H and O–H groups in total. The van der Waals surface area contributed by atoms with Crippen molar-refractivity contribution in [2.75, 3.05) is 5.32 Å². The van der Waals surface area contributed by atoms with Gasteiger partial charge in [0.2, 0.25) is 11.8 Å². The van der Waals surface area contributed by atoms with E-state index in [0.29, 0.717) is 11.6 Å². The van der Waals surface area contributed by atoms with Crippen molar-refractivity contribution in [2.45, 2.75) is 24.9 Å². The van der Waals surface area contributed by atoms with E-state index in [2.05, 4.69) is 15.6 Å². The van der Waals surface area contributed by atoms with Crippen LogP contribution in [0.4, 0.5) is 5.88 Å². The quantitative estimate of drug-likeness (QED) is 0.743. The highest BCUT2D eigenvalue weighted by molar-refractivity contribution is 7.99. The van der Waals surface area contributed by atoms with Gasteiger partial charge in [0.05, 0.1) is 22.3 Å². The Hall–Kier alpha value is -2.54. The number of hydrogen-bond donors (Lipinski definition) is 1. The van der Waals surface area contributed by atoms with Crippen LogP contribution < -0.4 is 5.32 Å². The van der Waals surface area contributed by atoms with Crippen LogP contribution in [0, 0.1) is 6.92 Å². The molecule has 0 radical (unpaired) electrons. The van der Waals surface area contributed by atoms with Crippen molar-refractivity contribution < 1.29 is 9.32 Å². The van der Waals surface area contributed by atoms with Crippen LogP contribution in [0.2, 0.25) is 0 Å². The fraction of sp³-hybridized carbons (Fsp3) is 0.235. The fourth-order valence-electron chi connectivity index (χ4n) is 2.09. The molecular weight excluding hydrogens is 324 g/mol. The van der Waals surface area contributed by atoms with E-state index >= 15 is 0 Å². The van der Waals surface area contributed by atoms with E-state index in [1.54, 1.807) is 13.0 Å². The van der Waals surface area contributed by atoms with Crippen LogP contribution in [-0.4, -0.2) is 26.1 Å². The minimum Gasteiger partial charge on any atom is -0.338 e. The van der Waals surface area contributed by atoms with Crippen molar-refractivity contribution >= 4 is 23.6 Å². The summed E-state index contributed by atoms with van der Waals surface area (Å²) in [6, 6.07) is 13.6. The molecule has 3 aromatic rings. The standard InChI is InChI=1S/C17H18N4O2S/c1-12-10-16(23-20-12)18-17(22)13(2)24-11-14-8-9-21(19-14)15-6-4-3-5-7-15/h3-10,13H,11H2,1-2H3,(H,18,22)/t13-/m1/s1. The number of hydrogen-bond acceptors (Lipinski definition) is 5. The number of thioether (sulfide) groups is 1. The van der Waals surface area contributed by atoms with Gasteiger partial charge < -0.3 is 4.52 Å². The summed E-state index contributed by atoms with van der Waals surface area (Å²) in [5.41, 5.74) is 2.68. The average molecular weight is 342 g/mol. The van der Waals surface area contributed by atoms with Crippen LogP contribution in [0.15, 0.2) is 53.2 Å². The maximum absolute atomic E-state index is 12.1. The Kier molecular flexibility index (Phi) is 5.00. The maximum atomic E-state index is 12.1. The number of aryl methyl sites for hydroxylation is 1. The van der Waals surface area contributed by atoms with Gasteiger partial charge in [0.1, 0.15) is 0 Å². The fourth-order valence-corrected chi connectivity index (χ4v) is 2.88. The molecule has 24 heavy (non-hydrogen) atoms. The molecule has 0 unspecified atom stereocenters. The first kappa shape index (κ1) is 16.3. The van der Waals surface area contributed by atoms with Gasteiger partial charge in [-0.1, -0.05) is 23.4 Å². The van der Waals surface area contributed by atoms with Gasteiger partial charge in [-0.25, -0.2) is 4.68 Å². The molecule has 1 atom stereocenters. The lowest BCUT2D eigenvalue weighted by atomic mass is 10.3. The van der Waals surface area contributed by atoms with Gasteiger partial charge in [-0.05, 0) is 32.0 Å². The summed E-state index contributed by atoms with van der Waals surface area (Å²) in [6.45, 7) is 3.66. The van der Waals surface area contributed by atoms with Gasteiger partial charge in [0.25, 0.3) is 0 Å². The number of carbonyl (C=O) groups is 1. The highest BCUT2D eigenvalue weighted by atomic mass is 32.2. The monoisotopic (exact) mass is 342 g/mol. The summed E-state index contributed by atoms with van der Waals surface area (Å²) in [6.07, 6.45) is 1.92. The minimum atomic E-state index is -0.225. The molecule has 0 aliphatic heterocycles. The van der Waals surface area contributed by atoms with E-state index in [9.17, 15) is 4.79 Å². The highest BCUT2D eigenvalue weighted by Crippen LogP contribution is 2.19. The van der Waals surface area contributed by atoms with Gasteiger partial charge in [0, 0.05) is 18.0 Å². The molecule has 124 valence electrons. The van der Waals surface area contributed by atoms with Crippen molar-refractivity contribution in [1.82, 2.24) is 14.9 Å². The SMILES string of the molecule is Cc1cc(NC(=O)[C@@H](C)SCc2ccn(-c3ccccc3)n2)on1. The van der Waals surface area contributed by atoms with Gasteiger partial charge in [0.15, 0.2) is 0 Å². The lowest BCUT2D eigenvalue weighted by molar-refractivity contribution is -0.115. The first-order valence-electron chi connectivity index (χ1n) is 7.57. The lowest BCUT2D eigenvalue weighted by Crippen LogP contribution is -2.22. The molecule has 3 rings (SSSR count). The van der Waals surface area contributed by atoms with Crippen molar-refractivity contribution in [3.05, 3.63) is 60.0 Å². The highest BCUT2D eigenvalue weighted by Gasteiger charge is 2.16. The van der Waals surface area contributed by atoms with E-state index in [1.165, 1.54) is 11.8 Å². The summed E-state index contributed by atoms with van der Waals surface area (Å²) >= 11 is 1.52. The largest absolute Gasteiger partial charge is 0.338 e. The van der Waals surface area contributed by atoms with Crippen molar-refractivity contribution in [3.8, 4) is 5.69 Å². The summed E-state index contributed by atoms with van der Waals surface area (Å²) in [4.78, 5) is 12.1. The molecule has 7 heteroatoms. The molecule has 1 amide bonds. The molecule has 0 bridgehead atoms. The second-order valence-corrected chi connectivity index (χ2v) is 6.69. The third kappa shape index (κ3) is 4.05. The molecule has 0 aliphatic carbocycles. The van der Waals surface area contributed by atoms with E-state index < -0.39 is 0 Å². The van der Waals surface area contributed by atoms with E-state index in [-0.39, 0.29) is 11.2 Å². The molecular formula is C17H18N4O2S. The third-order valence-electron chi connectivity index (χ3n) is 3.39. The summed E-state index contributed by atoms with van der Waals surface area (Å²) in [5.74, 6) is 0.918. The molecule has 2 aromatic heterocycles. The molecule has 0 spiro atoms. The first-order valence-corrected chi connectivity index (χ1v) is 8.62. The second kappa shape index (κ2) is 7.35. The van der Waals surface area contributed by atoms with E-state index in [4.69, 9.17) is 4.52 Å². The zero-order valence-electron chi connectivity index (χ0n) is 13.5. The zero-order chi connectivity index (χ0) is 16.9. The number of aromatic nitrogens is 3. The Bertz CT molecular complexity index is 813. The van der Waals surface area contributed by atoms with Crippen molar-refractivity contribution in [3.63, 3.8) is 0 Å². The number of amides is 1. The Morgan fingerprint density at radius 3 is 2.83 bits per heavy atom. The predicted octanol–water partition coefficient (Wildman–Crippen LogP) is 3.43. The number of nitrogens with zero attached hydrogens (tertiary/aromatic N) is 3. The second-order valence-electron chi connectivity index (χ2n) is 5.36. The van der Waals surface area contributed by atoms with Crippen LogP contribution >= 0.6 is 11.8 Å². The maximum Gasteiger partial charge on any atom is 0.239 e. The number of rotatable bonds is 6. The molecule has 0 fully saturated rings. The summed E-state index contributed by atoms with van der Waals surface area (Å²) in [7, 11) is 0. The molecule has 1 aromatic carbocycles. The van der Waals surface area contributed by atoms with E-state index in [1.807, 2.05) is 54.2 Å². The van der Waals surface area contributed by atoms with Crippen molar-refractivity contribution in [2.24, 2.45) is 0 Å². The van der Waals surface area contributed by atoms with Crippen LogP contribution in [0.3, 0.4) is 0 Å². The van der Waals surface area contributed by atoms with Gasteiger partial charge in [-0.2, -0.15) is 5.10 Å². The predicted molar refractivity (Wildman–Crippen MR) is 94.2 cm³/mol. The number of anilines is 1. The Balaban J connectivity index is 1.53. The third-order valence-corrected chi connectivity index (χ3v) is 4.57. The number of para-hydroxylation sites is 1. The van der Waals surface area contributed by atoms with Gasteiger partial charge in [-0.15, -0.1) is 11.8 Å². The zero-order valence-corrected chi connectivity index (χ0v) is 14.3. The van der Waals surface area contributed by atoms with Crippen molar-refractivity contribution in [1.29, 1.82) is 0 Å². The summed E-state index contributed by atoms with van der Waals surface area (Å²) < 4.78 is 6.82. The normalized spacial score (nSPS) is 12.1. The van der Waals surface area contributed by atoms with Gasteiger partial charge >= 0.3 is 0 Å². The number of nitrogens with one attached hydrogen (secondary N) is 1. The van der Waals surface area contributed by atoms with E-state index in [0.717, 1.165) is 17.1 Å². The lowest BCUT2D eigenvalue weighted by Gasteiger charge is -2.09. The molecule has 0 saturated heterocycles. The van der Waals surface area contributed by atoms with Crippen LogP contribution in [0.5, 0.6) is 0 Å². The summed E-state index contributed by atoms with van der Waals surface area (Å²) in [5, 5.41) is 10.8. The van der Waals surface area contributed by atoms with Gasteiger partial charge in [-0.3, -0.25) is 10.1 Å². The first-order chi connectivity index (χ1) is 11.6. The topological polar surface area (TPSA) is 73.0 Å². The van der Waals surface area contributed by atoms with Crippen LogP contribution in [0.1, 0.15) is 18.3 Å². The molecule has 2 heterocycles. The van der Waals surface area contributed by atoms with Crippen LogP contribution in [-0.2, 0) is 10.5 Å². The molecule has 0 saturated carbocycles. The minimum absolute atomic E-state index is 0.112. The average Bonchev–Trinajstić information content (AvgIpc) is 3.22. The van der Waals surface area contributed by atoms with Crippen LogP contribution in [0.25, 0.3) is 5.69 Å². The molecule has 6 nitrogen and oxygen atoms in total. The Morgan fingerprint density at radius 2 is 2.12 bits per heavy atom. The smallest absolute Gasteiger partial charge is 0.239 e.